The number of hydrogen-bond acceptors (Lipinski definition) is 5. The van der Waals surface area contributed by atoms with E-state index >= 15 is 0 Å². The molecule has 0 aliphatic carbocycles. The molecule has 1 aromatic heterocycles. The predicted octanol–water partition coefficient (Wildman–Crippen LogP) is 1.39. The Balaban J connectivity index is 1.70. The quantitative estimate of drug-likeness (QED) is 0.332. The van der Waals surface area contributed by atoms with E-state index < -0.39 is 42.0 Å². The number of carbonyl (C=O) groups excluding carboxylic acids is 3. The zero-order chi connectivity index (χ0) is 26.6. The molecule has 10 heteroatoms. The molecule has 1 saturated heterocycles. The minimum absolute atomic E-state index is 0.0684. The maximum Gasteiger partial charge on any atom is 0.326 e. The summed E-state index contributed by atoms with van der Waals surface area (Å²) in [4.78, 5) is 55.7. The third kappa shape index (κ3) is 6.04. The van der Waals surface area contributed by atoms with Crippen LogP contribution in [0.5, 0.6) is 0 Å². The summed E-state index contributed by atoms with van der Waals surface area (Å²) < 4.78 is 0. The summed E-state index contributed by atoms with van der Waals surface area (Å²) in [5.41, 5.74) is 7.67. The molecule has 0 radical (unpaired) electrons. The Morgan fingerprint density at radius 1 is 1.11 bits per heavy atom. The number of nitrogens with zero attached hydrogens (tertiary/aromatic N) is 1. The lowest BCUT2D eigenvalue weighted by molar-refractivity contribution is -0.143. The first-order valence-electron chi connectivity index (χ1n) is 12.5. The molecular formula is C26H37N5O5. The van der Waals surface area contributed by atoms with E-state index in [4.69, 9.17) is 5.73 Å². The second-order valence-electron chi connectivity index (χ2n) is 10.2. The Morgan fingerprint density at radius 2 is 1.81 bits per heavy atom. The molecule has 2 aromatic rings. The van der Waals surface area contributed by atoms with Gasteiger partial charge in [-0.2, -0.15) is 0 Å². The smallest absolute Gasteiger partial charge is 0.326 e. The van der Waals surface area contributed by atoms with Gasteiger partial charge in [-0.05, 0) is 36.3 Å². The summed E-state index contributed by atoms with van der Waals surface area (Å²) >= 11 is 0. The molecule has 1 aliphatic heterocycles. The Labute approximate surface area is 211 Å². The van der Waals surface area contributed by atoms with Crippen molar-refractivity contribution in [2.24, 2.45) is 17.6 Å². The number of H-pyrrole nitrogens is 1. The van der Waals surface area contributed by atoms with Gasteiger partial charge in [-0.1, -0.05) is 45.9 Å². The normalized spacial score (nSPS) is 18.3. The van der Waals surface area contributed by atoms with Crippen molar-refractivity contribution in [1.82, 2.24) is 20.5 Å². The SMILES string of the molecule is CC(C)C(N)C(=O)N1CCCC1C(=O)NC(C(=O)NC(Cc1c[nH]c2ccccc12)C(=O)O)C(C)C. The maximum absolute atomic E-state index is 13.2. The lowest BCUT2D eigenvalue weighted by Crippen LogP contribution is -2.58. The number of hydrogen-bond donors (Lipinski definition) is 5. The first-order valence-corrected chi connectivity index (χ1v) is 12.5. The molecule has 1 fully saturated rings. The highest BCUT2D eigenvalue weighted by atomic mass is 16.4. The van der Waals surface area contributed by atoms with E-state index in [0.29, 0.717) is 19.4 Å². The lowest BCUT2D eigenvalue weighted by Gasteiger charge is -2.30. The molecule has 10 nitrogen and oxygen atoms in total. The van der Waals surface area contributed by atoms with Crippen LogP contribution in [0, 0.1) is 11.8 Å². The van der Waals surface area contributed by atoms with Crippen molar-refractivity contribution in [1.29, 1.82) is 0 Å². The van der Waals surface area contributed by atoms with Crippen LogP contribution >= 0.6 is 0 Å². The standard InChI is InChI=1S/C26H37N5O5/c1-14(2)21(27)25(34)31-11-7-10-20(31)23(32)30-22(15(3)4)24(33)29-19(26(35)36)12-16-13-28-18-9-6-5-8-17(16)18/h5-6,8-9,13-15,19-22,28H,7,10-12,27H2,1-4H3,(H,29,33)(H,30,32)(H,35,36). The van der Waals surface area contributed by atoms with Crippen molar-refractivity contribution in [2.75, 3.05) is 6.54 Å². The van der Waals surface area contributed by atoms with Crippen LogP contribution in [-0.4, -0.2) is 69.4 Å². The Hall–Kier alpha value is -3.40. The molecular weight excluding hydrogens is 462 g/mol. The number of carboxylic acid groups (broad SMARTS) is 1. The third-order valence-electron chi connectivity index (χ3n) is 6.80. The molecule has 6 N–H and O–H groups in total. The number of likely N-dealkylation sites (tertiary alicyclic amines) is 1. The van der Waals surface area contributed by atoms with Gasteiger partial charge in [0.1, 0.15) is 18.1 Å². The number of aliphatic carboxylic acids is 1. The van der Waals surface area contributed by atoms with E-state index in [1.165, 1.54) is 4.90 Å². The highest BCUT2D eigenvalue weighted by Gasteiger charge is 2.39. The van der Waals surface area contributed by atoms with Crippen LogP contribution in [0.15, 0.2) is 30.5 Å². The van der Waals surface area contributed by atoms with Gasteiger partial charge in [0.2, 0.25) is 17.7 Å². The number of nitrogens with one attached hydrogen (secondary N) is 3. The van der Waals surface area contributed by atoms with E-state index in [9.17, 15) is 24.3 Å². The van der Waals surface area contributed by atoms with Crippen LogP contribution in [0.2, 0.25) is 0 Å². The van der Waals surface area contributed by atoms with Crippen LogP contribution in [0.1, 0.15) is 46.1 Å². The van der Waals surface area contributed by atoms with Crippen LogP contribution in [0.4, 0.5) is 0 Å². The topological polar surface area (TPSA) is 158 Å². The molecule has 4 unspecified atom stereocenters. The van der Waals surface area contributed by atoms with Crippen molar-refractivity contribution in [3.05, 3.63) is 36.0 Å². The molecule has 0 saturated carbocycles. The maximum atomic E-state index is 13.2. The largest absolute Gasteiger partial charge is 0.480 e. The minimum atomic E-state index is -1.18. The van der Waals surface area contributed by atoms with E-state index in [1.54, 1.807) is 20.0 Å². The molecule has 0 bridgehead atoms. The predicted molar refractivity (Wildman–Crippen MR) is 136 cm³/mol. The zero-order valence-electron chi connectivity index (χ0n) is 21.3. The third-order valence-corrected chi connectivity index (χ3v) is 6.80. The Morgan fingerprint density at radius 3 is 2.44 bits per heavy atom. The van der Waals surface area contributed by atoms with Crippen molar-refractivity contribution in [2.45, 2.75) is 71.1 Å². The fraction of sp³-hybridized carbons (Fsp3) is 0.538. The number of aromatic amines is 1. The van der Waals surface area contributed by atoms with Crippen molar-refractivity contribution >= 4 is 34.6 Å². The average molecular weight is 500 g/mol. The van der Waals surface area contributed by atoms with Crippen molar-refractivity contribution in [3.63, 3.8) is 0 Å². The number of nitrogens with two attached hydrogens (primary N) is 1. The first-order chi connectivity index (χ1) is 17.0. The summed E-state index contributed by atoms with van der Waals surface area (Å²) in [7, 11) is 0. The number of para-hydroxylation sites is 1. The van der Waals surface area contributed by atoms with Gasteiger partial charge in [0.05, 0.1) is 6.04 Å². The summed E-state index contributed by atoms with van der Waals surface area (Å²) in [6.45, 7) is 7.67. The van der Waals surface area contributed by atoms with Gasteiger partial charge < -0.3 is 31.4 Å². The number of amides is 3. The number of carboxylic acids is 1. The summed E-state index contributed by atoms with van der Waals surface area (Å²) in [6.07, 6.45) is 2.97. The van der Waals surface area contributed by atoms with Gasteiger partial charge in [0, 0.05) is 30.1 Å². The second kappa shape index (κ2) is 11.6. The summed E-state index contributed by atoms with van der Waals surface area (Å²) in [5.74, 6) is -2.84. The summed E-state index contributed by atoms with van der Waals surface area (Å²) in [5, 5.41) is 16.0. The molecule has 4 atom stereocenters. The first kappa shape index (κ1) is 27.2. The highest BCUT2D eigenvalue weighted by Crippen LogP contribution is 2.21. The highest BCUT2D eigenvalue weighted by molar-refractivity contribution is 5.95. The lowest BCUT2D eigenvalue weighted by atomic mass is 10.00. The molecule has 196 valence electrons. The minimum Gasteiger partial charge on any atom is -0.480 e. The number of carbonyl (C=O) groups is 4. The van der Waals surface area contributed by atoms with Crippen LogP contribution in [0.25, 0.3) is 10.9 Å². The van der Waals surface area contributed by atoms with E-state index in [2.05, 4.69) is 15.6 Å². The number of benzene rings is 1. The van der Waals surface area contributed by atoms with Crippen molar-refractivity contribution < 1.29 is 24.3 Å². The van der Waals surface area contributed by atoms with Gasteiger partial charge in [-0.25, -0.2) is 4.79 Å². The average Bonchev–Trinajstić information content (AvgIpc) is 3.48. The number of fused-ring (bicyclic) bond motifs is 1. The molecule has 1 aliphatic rings. The zero-order valence-corrected chi connectivity index (χ0v) is 21.3. The Kier molecular flexibility index (Phi) is 8.73. The van der Waals surface area contributed by atoms with Crippen LogP contribution < -0.4 is 16.4 Å². The second-order valence-corrected chi connectivity index (χ2v) is 10.2. The van der Waals surface area contributed by atoms with Gasteiger partial charge >= 0.3 is 5.97 Å². The van der Waals surface area contributed by atoms with Crippen LogP contribution in [0.3, 0.4) is 0 Å². The van der Waals surface area contributed by atoms with E-state index in [-0.39, 0.29) is 24.2 Å². The van der Waals surface area contributed by atoms with Gasteiger partial charge in [0.25, 0.3) is 0 Å². The van der Waals surface area contributed by atoms with Crippen LogP contribution in [-0.2, 0) is 25.6 Å². The van der Waals surface area contributed by atoms with Gasteiger partial charge in [-0.3, -0.25) is 14.4 Å². The molecule has 3 amide bonds. The monoisotopic (exact) mass is 499 g/mol. The fourth-order valence-electron chi connectivity index (χ4n) is 4.55. The van der Waals surface area contributed by atoms with Gasteiger partial charge in [0.15, 0.2) is 0 Å². The number of aromatic nitrogens is 1. The molecule has 2 heterocycles. The molecule has 1 aromatic carbocycles. The van der Waals surface area contributed by atoms with Crippen molar-refractivity contribution in [3.8, 4) is 0 Å². The number of rotatable bonds is 10. The Bertz CT molecular complexity index is 1110. The van der Waals surface area contributed by atoms with E-state index in [1.807, 2.05) is 38.1 Å². The molecule has 3 rings (SSSR count). The molecule has 0 spiro atoms. The van der Waals surface area contributed by atoms with Gasteiger partial charge in [-0.15, -0.1) is 0 Å². The van der Waals surface area contributed by atoms with E-state index in [0.717, 1.165) is 16.5 Å². The summed E-state index contributed by atoms with van der Waals surface area (Å²) in [6, 6.07) is 3.97. The molecule has 36 heavy (non-hydrogen) atoms. The fourth-order valence-corrected chi connectivity index (χ4v) is 4.55.